The number of carbonyl (C=O) groups excluding carboxylic acids is 1. The molecule has 2 N–H and O–H groups in total. The van der Waals surface area contributed by atoms with Crippen LogP contribution in [0.5, 0.6) is 0 Å². The number of aromatic nitrogens is 2. The van der Waals surface area contributed by atoms with Gasteiger partial charge in [-0.3, -0.25) is 19.6 Å². The molecule has 0 aliphatic heterocycles. The minimum Gasteiger partial charge on any atom is -0.353 e. The maximum Gasteiger partial charge on any atom is 0.307 e. The third-order valence-corrected chi connectivity index (χ3v) is 2.75. The number of rotatable bonds is 7. The molecule has 0 radical (unpaired) electrons. The topological polar surface area (TPSA) is 102 Å². The summed E-state index contributed by atoms with van der Waals surface area (Å²) in [5.74, 6) is -0.233. The summed E-state index contributed by atoms with van der Waals surface area (Å²) in [6, 6.07) is 0. The van der Waals surface area contributed by atoms with Crippen molar-refractivity contribution in [2.75, 3.05) is 19.6 Å². The molecule has 0 aromatic carbocycles. The number of nitro groups is 1. The molecular formula is C11H19N5O3. The highest BCUT2D eigenvalue weighted by atomic mass is 16.6. The van der Waals surface area contributed by atoms with E-state index >= 15 is 0 Å². The van der Waals surface area contributed by atoms with Gasteiger partial charge in [-0.15, -0.1) is 0 Å². The average Bonchev–Trinajstić information content (AvgIpc) is 2.84. The van der Waals surface area contributed by atoms with Crippen molar-refractivity contribution in [1.82, 2.24) is 20.4 Å². The highest BCUT2D eigenvalue weighted by molar-refractivity contribution is 5.83. The molecule has 0 bridgehead atoms. The molecule has 0 fully saturated rings. The molecule has 0 aliphatic rings. The number of amides is 1. The summed E-state index contributed by atoms with van der Waals surface area (Å²) < 4.78 is 1.30. The molecule has 0 saturated carbocycles. The Hall–Kier alpha value is -1.96. The van der Waals surface area contributed by atoms with Gasteiger partial charge in [0.1, 0.15) is 17.9 Å². The molecule has 0 aliphatic carbocycles. The van der Waals surface area contributed by atoms with Crippen LogP contribution in [0.2, 0.25) is 0 Å². The van der Waals surface area contributed by atoms with Gasteiger partial charge in [0, 0.05) is 13.1 Å². The fraction of sp³-hybridized carbons (Fsp3) is 0.636. The molecule has 0 unspecified atom stereocenters. The third kappa shape index (κ3) is 3.75. The summed E-state index contributed by atoms with van der Waals surface area (Å²) in [6.45, 7) is 7.31. The zero-order valence-corrected chi connectivity index (χ0v) is 11.3. The lowest BCUT2D eigenvalue weighted by Gasteiger charge is -2.23. The lowest BCUT2D eigenvalue weighted by molar-refractivity contribution is -0.385. The Bertz CT molecular complexity index is 455. The first kappa shape index (κ1) is 15.1. The van der Waals surface area contributed by atoms with Gasteiger partial charge < -0.3 is 10.6 Å². The molecule has 0 atom stereocenters. The van der Waals surface area contributed by atoms with E-state index in [0.29, 0.717) is 13.1 Å². The maximum absolute atomic E-state index is 12.0. The van der Waals surface area contributed by atoms with Crippen LogP contribution in [0.3, 0.4) is 0 Å². The van der Waals surface area contributed by atoms with Gasteiger partial charge in [0.05, 0.1) is 4.92 Å². The van der Waals surface area contributed by atoms with Crippen LogP contribution in [0.4, 0.5) is 5.69 Å². The normalized spacial score (nSPS) is 11.3. The number of hydrogen-bond donors (Lipinski definition) is 2. The molecule has 1 heterocycles. The lowest BCUT2D eigenvalue weighted by Crippen LogP contribution is -2.46. The van der Waals surface area contributed by atoms with Gasteiger partial charge in [-0.25, -0.2) is 0 Å². The van der Waals surface area contributed by atoms with Crippen LogP contribution >= 0.6 is 0 Å². The Morgan fingerprint density at radius 3 is 2.74 bits per heavy atom. The third-order valence-electron chi connectivity index (χ3n) is 2.75. The van der Waals surface area contributed by atoms with E-state index in [4.69, 9.17) is 0 Å². The van der Waals surface area contributed by atoms with Gasteiger partial charge in [0.15, 0.2) is 0 Å². The standard InChI is InChI=1S/C11H19N5O3/c1-4-12-5-6-13-10(17)11(2,3)15-8-9(7-14-15)16(18)19/h7-8,12H,4-6H2,1-3H3,(H,13,17). The second-order valence-corrected chi connectivity index (χ2v) is 4.57. The minimum atomic E-state index is -0.972. The molecule has 19 heavy (non-hydrogen) atoms. The zero-order chi connectivity index (χ0) is 14.5. The number of carbonyl (C=O) groups is 1. The van der Waals surface area contributed by atoms with Crippen molar-refractivity contribution < 1.29 is 9.72 Å². The zero-order valence-electron chi connectivity index (χ0n) is 11.3. The van der Waals surface area contributed by atoms with Crippen LogP contribution in [-0.2, 0) is 10.3 Å². The quantitative estimate of drug-likeness (QED) is 0.420. The van der Waals surface area contributed by atoms with Crippen molar-refractivity contribution in [3.05, 3.63) is 22.5 Å². The predicted molar refractivity (Wildman–Crippen MR) is 69.8 cm³/mol. The van der Waals surface area contributed by atoms with Crippen LogP contribution in [-0.4, -0.2) is 40.2 Å². The molecule has 1 amide bonds. The van der Waals surface area contributed by atoms with Crippen molar-refractivity contribution in [3.63, 3.8) is 0 Å². The molecule has 1 aromatic rings. The summed E-state index contributed by atoms with van der Waals surface area (Å²) in [6.07, 6.45) is 2.39. The van der Waals surface area contributed by atoms with Crippen molar-refractivity contribution in [3.8, 4) is 0 Å². The fourth-order valence-electron chi connectivity index (χ4n) is 1.47. The van der Waals surface area contributed by atoms with Gasteiger partial charge in [-0.2, -0.15) is 5.10 Å². The van der Waals surface area contributed by atoms with Crippen molar-refractivity contribution >= 4 is 11.6 Å². The molecule has 0 saturated heterocycles. The van der Waals surface area contributed by atoms with Crippen LogP contribution in [0, 0.1) is 10.1 Å². The highest BCUT2D eigenvalue weighted by Crippen LogP contribution is 2.18. The largest absolute Gasteiger partial charge is 0.353 e. The summed E-state index contributed by atoms with van der Waals surface area (Å²) >= 11 is 0. The monoisotopic (exact) mass is 269 g/mol. The maximum atomic E-state index is 12.0. The van der Waals surface area contributed by atoms with Crippen molar-refractivity contribution in [1.29, 1.82) is 0 Å². The van der Waals surface area contributed by atoms with Gasteiger partial charge in [0.25, 0.3) is 0 Å². The smallest absolute Gasteiger partial charge is 0.307 e. The second kappa shape index (κ2) is 6.28. The molecule has 0 spiro atoms. The molecule has 106 valence electrons. The highest BCUT2D eigenvalue weighted by Gasteiger charge is 2.31. The number of likely N-dealkylation sites (N-methyl/N-ethyl adjacent to an activating group) is 1. The SMILES string of the molecule is CCNCCNC(=O)C(C)(C)n1cc([N+](=O)[O-])cn1. The van der Waals surface area contributed by atoms with E-state index in [9.17, 15) is 14.9 Å². The van der Waals surface area contributed by atoms with Crippen LogP contribution < -0.4 is 10.6 Å². The molecule has 8 heteroatoms. The van der Waals surface area contributed by atoms with Gasteiger partial charge >= 0.3 is 5.69 Å². The predicted octanol–water partition coefficient (Wildman–Crippen LogP) is 0.252. The lowest BCUT2D eigenvalue weighted by atomic mass is 10.1. The first-order valence-corrected chi connectivity index (χ1v) is 6.08. The van der Waals surface area contributed by atoms with E-state index < -0.39 is 10.5 Å². The molecule has 1 aromatic heterocycles. The van der Waals surface area contributed by atoms with Gasteiger partial charge in [-0.1, -0.05) is 6.92 Å². The molecule has 1 rings (SSSR count). The van der Waals surface area contributed by atoms with E-state index in [-0.39, 0.29) is 11.6 Å². The number of nitrogens with one attached hydrogen (secondary N) is 2. The summed E-state index contributed by atoms with van der Waals surface area (Å²) in [7, 11) is 0. The summed E-state index contributed by atoms with van der Waals surface area (Å²) in [5, 5.41) is 20.3. The molecule has 8 nitrogen and oxygen atoms in total. The van der Waals surface area contributed by atoms with Crippen LogP contribution in [0.15, 0.2) is 12.4 Å². The Labute approximate surface area is 111 Å². The summed E-state index contributed by atoms with van der Waals surface area (Å²) in [4.78, 5) is 22.1. The van der Waals surface area contributed by atoms with E-state index in [2.05, 4.69) is 15.7 Å². The van der Waals surface area contributed by atoms with Crippen LogP contribution in [0.25, 0.3) is 0 Å². The fourth-order valence-corrected chi connectivity index (χ4v) is 1.47. The van der Waals surface area contributed by atoms with E-state index in [1.165, 1.54) is 10.9 Å². The molecular weight excluding hydrogens is 250 g/mol. The van der Waals surface area contributed by atoms with E-state index in [1.54, 1.807) is 13.8 Å². The van der Waals surface area contributed by atoms with E-state index in [1.807, 2.05) is 6.92 Å². The minimum absolute atomic E-state index is 0.131. The van der Waals surface area contributed by atoms with Crippen molar-refractivity contribution in [2.45, 2.75) is 26.3 Å². The Balaban J connectivity index is 2.67. The number of hydrogen-bond acceptors (Lipinski definition) is 5. The Morgan fingerprint density at radius 2 is 2.21 bits per heavy atom. The Kier molecular flexibility index (Phi) is 4.99. The summed E-state index contributed by atoms with van der Waals surface area (Å²) in [5.41, 5.74) is -1.10. The average molecular weight is 269 g/mol. The van der Waals surface area contributed by atoms with Gasteiger partial charge in [0.2, 0.25) is 5.91 Å². The number of nitrogens with zero attached hydrogens (tertiary/aromatic N) is 3. The van der Waals surface area contributed by atoms with Crippen molar-refractivity contribution in [2.24, 2.45) is 0 Å². The van der Waals surface area contributed by atoms with Crippen LogP contribution in [0.1, 0.15) is 20.8 Å². The van der Waals surface area contributed by atoms with Gasteiger partial charge in [-0.05, 0) is 20.4 Å². The second-order valence-electron chi connectivity index (χ2n) is 4.57. The van der Waals surface area contributed by atoms with E-state index in [0.717, 1.165) is 12.7 Å². The Morgan fingerprint density at radius 1 is 1.53 bits per heavy atom. The first-order chi connectivity index (χ1) is 8.89. The first-order valence-electron chi connectivity index (χ1n) is 6.08.